The molecule has 1 N–H and O–H groups in total. The Balaban J connectivity index is 1.48. The fraction of sp³-hybridized carbons (Fsp3) is 0.550. The number of benzene rings is 1. The van der Waals surface area contributed by atoms with Crippen molar-refractivity contribution in [2.24, 2.45) is 5.92 Å². The predicted molar refractivity (Wildman–Crippen MR) is 115 cm³/mol. The third-order valence-corrected chi connectivity index (χ3v) is 5.77. The number of hydrogen-bond donors (Lipinski definition) is 1. The second-order valence-corrected chi connectivity index (χ2v) is 9.40. The van der Waals surface area contributed by atoms with Gasteiger partial charge in [-0.15, -0.1) is 0 Å². The van der Waals surface area contributed by atoms with Gasteiger partial charge >= 0.3 is 5.97 Å². The quantitative estimate of drug-likeness (QED) is 0.420. The smallest absolute Gasteiger partial charge is 0.307 e. The van der Waals surface area contributed by atoms with Gasteiger partial charge in [-0.3, -0.25) is 19.7 Å². The fourth-order valence-corrected chi connectivity index (χ4v) is 4.20. The minimum atomic E-state index is -0.478. The standard InChI is InChI=1S/C20H26N4O5S/c1-20(2,3)29-17(25)8-11-23-9-6-13(7-10-23)18(26)22-19-21-15-12-14(24(27)28)4-5-16(15)30-19/h4-5,12-13H,6-11H2,1-3H3,(H,21,22,26). The normalized spacial score (nSPS) is 15.8. The van der Waals surface area contributed by atoms with Crippen LogP contribution in [0.2, 0.25) is 0 Å². The molecule has 1 fully saturated rings. The molecule has 1 aliphatic heterocycles. The van der Waals surface area contributed by atoms with Gasteiger partial charge in [-0.05, 0) is 52.8 Å². The Kier molecular flexibility index (Phi) is 6.67. The number of fused-ring (bicyclic) bond motifs is 1. The Hall–Kier alpha value is -2.59. The van der Waals surface area contributed by atoms with E-state index in [0.29, 0.717) is 36.5 Å². The molecule has 0 bridgehead atoms. The molecule has 0 atom stereocenters. The van der Waals surface area contributed by atoms with Gasteiger partial charge in [-0.2, -0.15) is 0 Å². The van der Waals surface area contributed by atoms with E-state index in [1.165, 1.54) is 23.5 Å². The van der Waals surface area contributed by atoms with Crippen molar-refractivity contribution in [2.75, 3.05) is 25.0 Å². The van der Waals surface area contributed by atoms with Crippen molar-refractivity contribution >= 4 is 44.2 Å². The van der Waals surface area contributed by atoms with E-state index in [-0.39, 0.29) is 23.5 Å². The van der Waals surface area contributed by atoms with Crippen molar-refractivity contribution in [3.63, 3.8) is 0 Å². The third kappa shape index (κ3) is 5.96. The van der Waals surface area contributed by atoms with Gasteiger partial charge in [0.2, 0.25) is 5.91 Å². The maximum absolute atomic E-state index is 12.6. The summed E-state index contributed by atoms with van der Waals surface area (Å²) in [7, 11) is 0. The maximum atomic E-state index is 12.6. The summed E-state index contributed by atoms with van der Waals surface area (Å²) in [6.07, 6.45) is 1.75. The van der Waals surface area contributed by atoms with Gasteiger partial charge in [0.1, 0.15) is 5.60 Å². The Bertz CT molecular complexity index is 944. The van der Waals surface area contributed by atoms with E-state index in [1.807, 2.05) is 20.8 Å². The lowest BCUT2D eigenvalue weighted by molar-refractivity contribution is -0.384. The number of thiazole rings is 1. The SMILES string of the molecule is CC(C)(C)OC(=O)CCN1CCC(C(=O)Nc2nc3cc([N+](=O)[O-])ccc3s2)CC1. The predicted octanol–water partition coefficient (Wildman–Crippen LogP) is 3.59. The van der Waals surface area contributed by atoms with Crippen LogP contribution in [0.3, 0.4) is 0 Å². The van der Waals surface area contributed by atoms with Gasteiger partial charge in [0.05, 0.1) is 21.6 Å². The van der Waals surface area contributed by atoms with Crippen LogP contribution in [0.4, 0.5) is 10.8 Å². The second kappa shape index (κ2) is 9.05. The number of piperidine rings is 1. The van der Waals surface area contributed by atoms with Crippen molar-refractivity contribution in [3.05, 3.63) is 28.3 Å². The number of nitro benzene ring substituents is 1. The summed E-state index contributed by atoms with van der Waals surface area (Å²) in [6, 6.07) is 4.48. The molecule has 0 unspecified atom stereocenters. The van der Waals surface area contributed by atoms with E-state index in [4.69, 9.17) is 4.74 Å². The van der Waals surface area contributed by atoms with E-state index in [1.54, 1.807) is 6.07 Å². The Morgan fingerprint density at radius 2 is 2.03 bits per heavy atom. The monoisotopic (exact) mass is 434 g/mol. The Morgan fingerprint density at radius 3 is 2.67 bits per heavy atom. The highest BCUT2D eigenvalue weighted by molar-refractivity contribution is 7.22. The van der Waals surface area contributed by atoms with Crippen molar-refractivity contribution < 1.29 is 19.2 Å². The zero-order valence-electron chi connectivity index (χ0n) is 17.3. The highest BCUT2D eigenvalue weighted by Crippen LogP contribution is 2.29. The fourth-order valence-electron chi connectivity index (χ4n) is 3.35. The van der Waals surface area contributed by atoms with Crippen LogP contribution in [0.25, 0.3) is 10.2 Å². The van der Waals surface area contributed by atoms with Crippen LogP contribution in [0.5, 0.6) is 0 Å². The molecule has 1 aliphatic rings. The summed E-state index contributed by atoms with van der Waals surface area (Å²) in [6.45, 7) is 7.66. The van der Waals surface area contributed by atoms with E-state index >= 15 is 0 Å². The molecule has 0 saturated carbocycles. The van der Waals surface area contributed by atoms with Crippen LogP contribution in [-0.2, 0) is 14.3 Å². The second-order valence-electron chi connectivity index (χ2n) is 8.37. The molecule has 30 heavy (non-hydrogen) atoms. The van der Waals surface area contributed by atoms with Crippen LogP contribution < -0.4 is 5.32 Å². The molecule has 0 aliphatic carbocycles. The summed E-state index contributed by atoms with van der Waals surface area (Å²) in [5.41, 5.74) is -0.000780. The number of anilines is 1. The number of aromatic nitrogens is 1. The van der Waals surface area contributed by atoms with E-state index < -0.39 is 10.5 Å². The topological polar surface area (TPSA) is 115 Å². The number of nitrogens with zero attached hydrogens (tertiary/aromatic N) is 3. The van der Waals surface area contributed by atoms with Crippen LogP contribution in [0, 0.1) is 16.0 Å². The first-order chi connectivity index (χ1) is 14.1. The number of hydrogen-bond acceptors (Lipinski definition) is 8. The number of ether oxygens (including phenoxy) is 1. The molecule has 0 radical (unpaired) electrons. The number of esters is 1. The minimum Gasteiger partial charge on any atom is -0.460 e. The van der Waals surface area contributed by atoms with Gasteiger partial charge in [-0.1, -0.05) is 11.3 Å². The Labute approximate surface area is 178 Å². The van der Waals surface area contributed by atoms with Gasteiger partial charge in [0.25, 0.3) is 5.69 Å². The van der Waals surface area contributed by atoms with Gasteiger partial charge in [0.15, 0.2) is 5.13 Å². The average Bonchev–Trinajstić information content (AvgIpc) is 3.06. The molecule has 162 valence electrons. The number of nitro groups is 1. The molecule has 3 rings (SSSR count). The lowest BCUT2D eigenvalue weighted by Crippen LogP contribution is -2.39. The summed E-state index contributed by atoms with van der Waals surface area (Å²) >= 11 is 1.30. The van der Waals surface area contributed by atoms with Crippen LogP contribution >= 0.6 is 11.3 Å². The zero-order chi connectivity index (χ0) is 21.9. The van der Waals surface area contributed by atoms with E-state index in [0.717, 1.165) is 17.8 Å². The third-order valence-electron chi connectivity index (χ3n) is 4.82. The van der Waals surface area contributed by atoms with Crippen molar-refractivity contribution in [2.45, 2.75) is 45.6 Å². The molecule has 1 amide bonds. The largest absolute Gasteiger partial charge is 0.460 e. The zero-order valence-corrected chi connectivity index (χ0v) is 18.2. The number of non-ortho nitro benzene ring substituents is 1. The van der Waals surface area contributed by atoms with Crippen molar-refractivity contribution in [1.29, 1.82) is 0 Å². The molecular formula is C20H26N4O5S. The molecule has 1 aromatic heterocycles. The lowest BCUT2D eigenvalue weighted by Gasteiger charge is -2.31. The van der Waals surface area contributed by atoms with Crippen molar-refractivity contribution in [1.82, 2.24) is 9.88 Å². The van der Waals surface area contributed by atoms with Crippen LogP contribution in [0.15, 0.2) is 18.2 Å². The lowest BCUT2D eigenvalue weighted by atomic mass is 9.96. The molecule has 1 aromatic carbocycles. The van der Waals surface area contributed by atoms with E-state index in [2.05, 4.69) is 15.2 Å². The first-order valence-electron chi connectivity index (χ1n) is 9.91. The molecule has 10 heteroatoms. The summed E-state index contributed by atoms with van der Waals surface area (Å²) in [4.78, 5) is 41.4. The first kappa shape index (κ1) is 22.1. The van der Waals surface area contributed by atoms with E-state index in [9.17, 15) is 19.7 Å². The van der Waals surface area contributed by atoms with Gasteiger partial charge in [0, 0.05) is 24.6 Å². The summed E-state index contributed by atoms with van der Waals surface area (Å²) < 4.78 is 6.11. The number of amides is 1. The van der Waals surface area contributed by atoms with Crippen molar-refractivity contribution in [3.8, 4) is 0 Å². The molecule has 9 nitrogen and oxygen atoms in total. The number of rotatable bonds is 6. The first-order valence-corrected chi connectivity index (χ1v) is 10.7. The van der Waals surface area contributed by atoms with Gasteiger partial charge in [-0.25, -0.2) is 4.98 Å². The summed E-state index contributed by atoms with van der Waals surface area (Å²) in [5.74, 6) is -0.419. The Morgan fingerprint density at radius 1 is 1.33 bits per heavy atom. The molecule has 1 saturated heterocycles. The highest BCUT2D eigenvalue weighted by atomic mass is 32.1. The number of carbonyl (C=O) groups excluding carboxylic acids is 2. The maximum Gasteiger partial charge on any atom is 0.307 e. The highest BCUT2D eigenvalue weighted by Gasteiger charge is 2.26. The van der Waals surface area contributed by atoms with Crippen LogP contribution in [0.1, 0.15) is 40.0 Å². The molecule has 2 heterocycles. The number of carbonyl (C=O) groups is 2. The number of likely N-dealkylation sites (tertiary alicyclic amines) is 1. The molecular weight excluding hydrogens is 408 g/mol. The average molecular weight is 435 g/mol. The minimum absolute atomic E-state index is 0.0237. The van der Waals surface area contributed by atoms with Gasteiger partial charge < -0.3 is 15.0 Å². The molecule has 2 aromatic rings. The van der Waals surface area contributed by atoms with Crippen LogP contribution in [-0.4, -0.2) is 51.9 Å². The number of nitrogens with one attached hydrogen (secondary N) is 1. The summed E-state index contributed by atoms with van der Waals surface area (Å²) in [5, 5.41) is 14.2. The molecule has 0 spiro atoms.